The lowest BCUT2D eigenvalue weighted by Gasteiger charge is -2.05. The maximum Gasteiger partial charge on any atom is 0.178 e. The van der Waals surface area contributed by atoms with Crippen molar-refractivity contribution in [2.75, 3.05) is 5.75 Å². The Hall–Kier alpha value is -0.940. The summed E-state index contributed by atoms with van der Waals surface area (Å²) >= 11 is 0. The average molecular weight is 229 g/mol. The SMILES string of the molecule is Cc1cccc[n+]1CCCCS(=O)(=O)[O-]. The molecule has 0 fully saturated rings. The van der Waals surface area contributed by atoms with E-state index < -0.39 is 10.1 Å². The zero-order valence-corrected chi connectivity index (χ0v) is 9.53. The van der Waals surface area contributed by atoms with Crippen LogP contribution in [-0.4, -0.2) is 18.7 Å². The summed E-state index contributed by atoms with van der Waals surface area (Å²) in [5, 5.41) is 0. The molecule has 5 heteroatoms. The highest BCUT2D eigenvalue weighted by atomic mass is 32.2. The quantitative estimate of drug-likeness (QED) is 0.422. The Labute approximate surface area is 90.3 Å². The number of pyridine rings is 1. The van der Waals surface area contributed by atoms with Crippen molar-refractivity contribution in [1.29, 1.82) is 0 Å². The van der Waals surface area contributed by atoms with Crippen LogP contribution in [-0.2, 0) is 16.7 Å². The van der Waals surface area contributed by atoms with Crippen molar-refractivity contribution in [2.45, 2.75) is 26.3 Å². The van der Waals surface area contributed by atoms with Gasteiger partial charge in [-0.1, -0.05) is 6.07 Å². The topological polar surface area (TPSA) is 61.1 Å². The van der Waals surface area contributed by atoms with E-state index in [-0.39, 0.29) is 5.75 Å². The van der Waals surface area contributed by atoms with Gasteiger partial charge in [0.2, 0.25) is 0 Å². The summed E-state index contributed by atoms with van der Waals surface area (Å²) in [6.45, 7) is 2.74. The number of rotatable bonds is 5. The molecule has 0 spiro atoms. The lowest BCUT2D eigenvalue weighted by Crippen LogP contribution is -2.36. The predicted octanol–water partition coefficient (Wildman–Crippen LogP) is 0.608. The van der Waals surface area contributed by atoms with Gasteiger partial charge in [-0.15, -0.1) is 0 Å². The van der Waals surface area contributed by atoms with E-state index in [1.54, 1.807) is 0 Å². The van der Waals surface area contributed by atoms with Crippen LogP contribution in [0.5, 0.6) is 0 Å². The van der Waals surface area contributed by atoms with E-state index in [2.05, 4.69) is 0 Å². The molecule has 0 saturated heterocycles. The first-order valence-electron chi connectivity index (χ1n) is 4.88. The summed E-state index contributed by atoms with van der Waals surface area (Å²) in [5.41, 5.74) is 1.13. The molecule has 0 aliphatic heterocycles. The summed E-state index contributed by atoms with van der Waals surface area (Å²) in [7, 11) is -4.05. The van der Waals surface area contributed by atoms with Gasteiger partial charge in [-0.2, -0.15) is 0 Å². The molecule has 0 saturated carbocycles. The molecular weight excluding hydrogens is 214 g/mol. The number of unbranched alkanes of at least 4 members (excludes halogenated alkanes) is 1. The third-order valence-corrected chi connectivity index (χ3v) is 3.00. The molecule has 1 heterocycles. The molecule has 1 rings (SSSR count). The van der Waals surface area contributed by atoms with E-state index in [0.29, 0.717) is 12.8 Å². The molecule has 4 nitrogen and oxygen atoms in total. The van der Waals surface area contributed by atoms with Crippen LogP contribution in [0.1, 0.15) is 18.5 Å². The molecule has 0 aliphatic carbocycles. The van der Waals surface area contributed by atoms with E-state index in [0.717, 1.165) is 12.2 Å². The van der Waals surface area contributed by atoms with Gasteiger partial charge in [-0.05, 0) is 6.42 Å². The van der Waals surface area contributed by atoms with Crippen molar-refractivity contribution in [3.8, 4) is 0 Å². The second-order valence-corrected chi connectivity index (χ2v) is 5.03. The number of hydrogen-bond donors (Lipinski definition) is 0. The Bertz CT molecular complexity index is 414. The van der Waals surface area contributed by atoms with E-state index in [1.165, 1.54) is 0 Å². The van der Waals surface area contributed by atoms with E-state index in [4.69, 9.17) is 0 Å². The number of aryl methyl sites for hydroxylation is 2. The summed E-state index contributed by atoms with van der Waals surface area (Å²) in [6, 6.07) is 5.87. The molecule has 0 N–H and O–H groups in total. The summed E-state index contributed by atoms with van der Waals surface area (Å²) < 4.78 is 33.1. The van der Waals surface area contributed by atoms with Crippen LogP contribution in [0.25, 0.3) is 0 Å². The Morgan fingerprint density at radius 2 is 2.07 bits per heavy atom. The van der Waals surface area contributed by atoms with Crippen LogP contribution in [0, 0.1) is 6.92 Å². The van der Waals surface area contributed by atoms with Crippen molar-refractivity contribution >= 4 is 10.1 Å². The zero-order valence-electron chi connectivity index (χ0n) is 8.72. The van der Waals surface area contributed by atoms with Crippen molar-refractivity contribution in [3.05, 3.63) is 30.1 Å². The van der Waals surface area contributed by atoms with Gasteiger partial charge >= 0.3 is 0 Å². The van der Waals surface area contributed by atoms with Crippen molar-refractivity contribution in [1.82, 2.24) is 0 Å². The maximum atomic E-state index is 10.3. The summed E-state index contributed by atoms with van der Waals surface area (Å²) in [5.74, 6) is -0.264. The van der Waals surface area contributed by atoms with Gasteiger partial charge < -0.3 is 4.55 Å². The van der Waals surface area contributed by atoms with Crippen LogP contribution >= 0.6 is 0 Å². The second-order valence-electron chi connectivity index (χ2n) is 3.50. The minimum absolute atomic E-state index is 0.264. The fourth-order valence-electron chi connectivity index (χ4n) is 1.37. The fraction of sp³-hybridized carbons (Fsp3) is 0.500. The molecule has 0 atom stereocenters. The first kappa shape index (κ1) is 12.1. The number of nitrogens with zero attached hydrogens (tertiary/aromatic N) is 1. The van der Waals surface area contributed by atoms with E-state index >= 15 is 0 Å². The number of hydrogen-bond acceptors (Lipinski definition) is 3. The van der Waals surface area contributed by atoms with Gasteiger partial charge in [0.1, 0.15) is 6.54 Å². The van der Waals surface area contributed by atoms with Gasteiger partial charge in [0, 0.05) is 31.2 Å². The van der Waals surface area contributed by atoms with E-state index in [9.17, 15) is 13.0 Å². The molecule has 0 unspecified atom stereocenters. The molecular formula is C10H15NO3S. The van der Waals surface area contributed by atoms with Gasteiger partial charge in [-0.25, -0.2) is 13.0 Å². The Morgan fingerprint density at radius 3 is 2.67 bits per heavy atom. The van der Waals surface area contributed by atoms with Gasteiger partial charge in [0.25, 0.3) is 0 Å². The largest absolute Gasteiger partial charge is 0.748 e. The molecule has 84 valence electrons. The first-order chi connectivity index (χ1) is 6.99. The van der Waals surface area contributed by atoms with E-state index in [1.807, 2.05) is 35.9 Å². The molecule has 0 aliphatic rings. The highest BCUT2D eigenvalue weighted by molar-refractivity contribution is 7.85. The highest BCUT2D eigenvalue weighted by Gasteiger charge is 2.04. The van der Waals surface area contributed by atoms with Gasteiger partial charge in [0.05, 0.1) is 10.1 Å². The lowest BCUT2D eigenvalue weighted by atomic mass is 10.3. The third kappa shape index (κ3) is 4.90. The van der Waals surface area contributed by atoms with Crippen molar-refractivity contribution in [2.24, 2.45) is 0 Å². The fourth-order valence-corrected chi connectivity index (χ4v) is 1.93. The first-order valence-corrected chi connectivity index (χ1v) is 6.45. The van der Waals surface area contributed by atoms with Crippen molar-refractivity contribution < 1.29 is 17.5 Å². The van der Waals surface area contributed by atoms with Crippen LogP contribution in [0.15, 0.2) is 24.4 Å². The average Bonchev–Trinajstić information content (AvgIpc) is 2.13. The normalized spacial score (nSPS) is 11.6. The monoisotopic (exact) mass is 229 g/mol. The Balaban J connectivity index is 2.36. The molecule has 0 radical (unpaired) electrons. The summed E-state index contributed by atoms with van der Waals surface area (Å²) in [4.78, 5) is 0. The minimum atomic E-state index is -4.05. The molecule has 0 bridgehead atoms. The minimum Gasteiger partial charge on any atom is -0.748 e. The van der Waals surface area contributed by atoms with Crippen LogP contribution < -0.4 is 4.57 Å². The molecule has 15 heavy (non-hydrogen) atoms. The lowest BCUT2D eigenvalue weighted by molar-refractivity contribution is -0.703. The van der Waals surface area contributed by atoms with Crippen LogP contribution in [0.4, 0.5) is 0 Å². The zero-order chi connectivity index (χ0) is 11.3. The Kier molecular flexibility index (Phi) is 4.23. The van der Waals surface area contributed by atoms with Crippen LogP contribution in [0.2, 0.25) is 0 Å². The Morgan fingerprint density at radius 1 is 1.33 bits per heavy atom. The number of aromatic nitrogens is 1. The van der Waals surface area contributed by atoms with Crippen LogP contribution in [0.3, 0.4) is 0 Å². The van der Waals surface area contributed by atoms with Gasteiger partial charge in [0.15, 0.2) is 11.9 Å². The standard InChI is InChI=1S/C10H15NO3S/c1-10-6-2-3-7-11(10)8-4-5-9-15(12,13)14/h2-3,6-7H,4-5,8-9H2,1H3. The molecule has 1 aromatic rings. The maximum absolute atomic E-state index is 10.3. The molecule has 0 aromatic carbocycles. The smallest absolute Gasteiger partial charge is 0.178 e. The van der Waals surface area contributed by atoms with Crippen molar-refractivity contribution in [3.63, 3.8) is 0 Å². The summed E-state index contributed by atoms with van der Waals surface area (Å²) in [6.07, 6.45) is 3.07. The highest BCUT2D eigenvalue weighted by Crippen LogP contribution is 1.95. The molecule has 1 aromatic heterocycles. The second kappa shape index (κ2) is 5.23. The molecule has 0 amide bonds. The van der Waals surface area contributed by atoms with Gasteiger partial charge in [-0.3, -0.25) is 0 Å². The predicted molar refractivity (Wildman–Crippen MR) is 55.2 cm³/mol. The third-order valence-electron chi connectivity index (χ3n) is 2.21.